The standard InChI is InChI=1S/C20H25N3O4/c1-6-27-20(26)17-11(2)18(21-13(17)4)19(25)22-12(3)15-8-7-9-16(10-15)23-14(5)24/h7-10,12,21H,6H2,1-5H3,(H,22,25)(H,23,24). The van der Waals surface area contributed by atoms with Gasteiger partial charge in [-0.15, -0.1) is 0 Å². The topological polar surface area (TPSA) is 100 Å². The van der Waals surface area contributed by atoms with Gasteiger partial charge >= 0.3 is 5.97 Å². The lowest BCUT2D eigenvalue weighted by Crippen LogP contribution is -2.27. The van der Waals surface area contributed by atoms with Gasteiger partial charge in [-0.3, -0.25) is 9.59 Å². The summed E-state index contributed by atoms with van der Waals surface area (Å²) in [4.78, 5) is 39.0. The van der Waals surface area contributed by atoms with Crippen LogP contribution in [-0.4, -0.2) is 29.4 Å². The predicted octanol–water partition coefficient (Wildman–Crippen LogP) is 3.26. The second-order valence-electron chi connectivity index (χ2n) is 6.35. The minimum atomic E-state index is -0.446. The molecular formula is C20H25N3O4. The number of ether oxygens (including phenoxy) is 1. The predicted molar refractivity (Wildman–Crippen MR) is 103 cm³/mol. The van der Waals surface area contributed by atoms with Crippen molar-refractivity contribution in [1.82, 2.24) is 10.3 Å². The molecule has 27 heavy (non-hydrogen) atoms. The van der Waals surface area contributed by atoms with E-state index in [4.69, 9.17) is 4.74 Å². The summed E-state index contributed by atoms with van der Waals surface area (Å²) in [6.07, 6.45) is 0. The van der Waals surface area contributed by atoms with Gasteiger partial charge in [-0.1, -0.05) is 12.1 Å². The Bertz CT molecular complexity index is 870. The second kappa shape index (κ2) is 8.53. The Kier molecular flexibility index (Phi) is 6.39. The van der Waals surface area contributed by atoms with E-state index in [0.29, 0.717) is 28.2 Å². The molecule has 0 aliphatic carbocycles. The Morgan fingerprint density at radius 2 is 1.93 bits per heavy atom. The number of carbonyl (C=O) groups is 3. The van der Waals surface area contributed by atoms with Crippen molar-refractivity contribution in [2.45, 2.75) is 40.7 Å². The smallest absolute Gasteiger partial charge is 0.340 e. The summed E-state index contributed by atoms with van der Waals surface area (Å²) in [5, 5.41) is 5.63. The lowest BCUT2D eigenvalue weighted by Gasteiger charge is -2.15. The number of rotatable bonds is 6. The summed E-state index contributed by atoms with van der Waals surface area (Å²) >= 11 is 0. The lowest BCUT2D eigenvalue weighted by molar-refractivity contribution is -0.114. The average Bonchev–Trinajstić information content (AvgIpc) is 2.89. The molecule has 1 aromatic heterocycles. The number of aromatic amines is 1. The van der Waals surface area contributed by atoms with E-state index in [9.17, 15) is 14.4 Å². The Balaban J connectivity index is 2.19. The molecule has 3 N–H and O–H groups in total. The molecule has 0 fully saturated rings. The summed E-state index contributed by atoms with van der Waals surface area (Å²) in [7, 11) is 0. The van der Waals surface area contributed by atoms with Gasteiger partial charge in [0.05, 0.1) is 18.2 Å². The molecule has 0 spiro atoms. The first-order valence-corrected chi connectivity index (χ1v) is 8.79. The largest absolute Gasteiger partial charge is 0.462 e. The molecule has 0 saturated carbocycles. The molecule has 0 radical (unpaired) electrons. The van der Waals surface area contributed by atoms with Gasteiger partial charge in [0.15, 0.2) is 0 Å². The Hall–Kier alpha value is -3.09. The van der Waals surface area contributed by atoms with E-state index in [1.54, 1.807) is 26.8 Å². The highest BCUT2D eigenvalue weighted by atomic mass is 16.5. The van der Waals surface area contributed by atoms with Crippen LogP contribution < -0.4 is 10.6 Å². The number of aryl methyl sites for hydroxylation is 1. The van der Waals surface area contributed by atoms with Gasteiger partial charge in [0.25, 0.3) is 5.91 Å². The number of carbonyl (C=O) groups excluding carboxylic acids is 3. The molecule has 0 saturated heterocycles. The quantitative estimate of drug-likeness (QED) is 0.679. The van der Waals surface area contributed by atoms with Crippen molar-refractivity contribution in [1.29, 1.82) is 0 Å². The van der Waals surface area contributed by atoms with E-state index in [-0.39, 0.29) is 24.5 Å². The van der Waals surface area contributed by atoms with Crippen LogP contribution in [0.5, 0.6) is 0 Å². The number of hydrogen-bond donors (Lipinski definition) is 3. The molecule has 1 unspecified atom stereocenters. The zero-order valence-electron chi connectivity index (χ0n) is 16.2. The molecule has 2 aromatic rings. The van der Waals surface area contributed by atoms with E-state index >= 15 is 0 Å². The van der Waals surface area contributed by atoms with Crippen LogP contribution in [0.1, 0.15) is 64.5 Å². The van der Waals surface area contributed by atoms with Crippen molar-refractivity contribution in [3.8, 4) is 0 Å². The molecular weight excluding hydrogens is 346 g/mol. The molecule has 1 aromatic carbocycles. The highest BCUT2D eigenvalue weighted by Gasteiger charge is 2.23. The van der Waals surface area contributed by atoms with Gasteiger partial charge in [-0.25, -0.2) is 4.79 Å². The fourth-order valence-corrected chi connectivity index (χ4v) is 2.93. The van der Waals surface area contributed by atoms with Gasteiger partial charge in [-0.05, 0) is 51.0 Å². The average molecular weight is 371 g/mol. The normalized spacial score (nSPS) is 11.6. The lowest BCUT2D eigenvalue weighted by atomic mass is 10.1. The van der Waals surface area contributed by atoms with E-state index < -0.39 is 5.97 Å². The van der Waals surface area contributed by atoms with E-state index in [1.165, 1.54) is 6.92 Å². The molecule has 7 nitrogen and oxygen atoms in total. The second-order valence-corrected chi connectivity index (χ2v) is 6.35. The first kappa shape index (κ1) is 20.2. The van der Waals surface area contributed by atoms with Gasteiger partial charge in [0.2, 0.25) is 5.91 Å². The van der Waals surface area contributed by atoms with Crippen LogP contribution >= 0.6 is 0 Å². The number of anilines is 1. The number of nitrogens with one attached hydrogen (secondary N) is 3. The van der Waals surface area contributed by atoms with Crippen LogP contribution in [-0.2, 0) is 9.53 Å². The van der Waals surface area contributed by atoms with Crippen LogP contribution in [0.2, 0.25) is 0 Å². The zero-order valence-corrected chi connectivity index (χ0v) is 16.2. The van der Waals surface area contributed by atoms with Crippen molar-refractivity contribution < 1.29 is 19.1 Å². The number of esters is 1. The van der Waals surface area contributed by atoms with E-state index in [2.05, 4.69) is 15.6 Å². The number of H-pyrrole nitrogens is 1. The van der Waals surface area contributed by atoms with Crippen molar-refractivity contribution in [2.24, 2.45) is 0 Å². The van der Waals surface area contributed by atoms with Crippen LogP contribution in [0.15, 0.2) is 24.3 Å². The zero-order chi connectivity index (χ0) is 20.1. The highest BCUT2D eigenvalue weighted by Crippen LogP contribution is 2.21. The number of benzene rings is 1. The van der Waals surface area contributed by atoms with Crippen LogP contribution in [0.25, 0.3) is 0 Å². The summed E-state index contributed by atoms with van der Waals surface area (Å²) in [5.41, 5.74) is 3.39. The Morgan fingerprint density at radius 1 is 1.22 bits per heavy atom. The maximum atomic E-state index is 12.7. The van der Waals surface area contributed by atoms with E-state index in [1.807, 2.05) is 25.1 Å². The first-order valence-electron chi connectivity index (χ1n) is 8.79. The maximum Gasteiger partial charge on any atom is 0.340 e. The third-order valence-electron chi connectivity index (χ3n) is 4.20. The summed E-state index contributed by atoms with van der Waals surface area (Å²) < 4.78 is 5.05. The first-order chi connectivity index (χ1) is 12.7. The van der Waals surface area contributed by atoms with Gasteiger partial charge in [0, 0.05) is 18.3 Å². The fourth-order valence-electron chi connectivity index (χ4n) is 2.93. The minimum absolute atomic E-state index is 0.159. The van der Waals surface area contributed by atoms with Crippen LogP contribution in [0.4, 0.5) is 5.69 Å². The monoisotopic (exact) mass is 371 g/mol. The molecule has 2 rings (SSSR count). The van der Waals surface area contributed by atoms with Gasteiger partial charge in [0.1, 0.15) is 5.69 Å². The third kappa shape index (κ3) is 4.75. The molecule has 0 aliphatic rings. The van der Waals surface area contributed by atoms with Crippen molar-refractivity contribution in [3.63, 3.8) is 0 Å². The van der Waals surface area contributed by atoms with Crippen molar-refractivity contribution in [2.75, 3.05) is 11.9 Å². The molecule has 1 atom stereocenters. The number of amides is 2. The van der Waals surface area contributed by atoms with Crippen molar-refractivity contribution >= 4 is 23.5 Å². The number of aromatic nitrogens is 1. The van der Waals surface area contributed by atoms with E-state index in [0.717, 1.165) is 5.56 Å². The molecule has 144 valence electrons. The molecule has 2 amide bonds. The number of hydrogen-bond acceptors (Lipinski definition) is 4. The maximum absolute atomic E-state index is 12.7. The summed E-state index contributed by atoms with van der Waals surface area (Å²) in [6, 6.07) is 6.98. The van der Waals surface area contributed by atoms with Crippen molar-refractivity contribution in [3.05, 3.63) is 52.3 Å². The summed E-state index contributed by atoms with van der Waals surface area (Å²) in [5.74, 6) is -0.921. The molecule has 7 heteroatoms. The van der Waals surface area contributed by atoms with Crippen LogP contribution in [0.3, 0.4) is 0 Å². The third-order valence-corrected chi connectivity index (χ3v) is 4.20. The minimum Gasteiger partial charge on any atom is -0.462 e. The molecule has 0 aliphatic heterocycles. The van der Waals surface area contributed by atoms with Gasteiger partial charge < -0.3 is 20.4 Å². The Morgan fingerprint density at radius 3 is 2.56 bits per heavy atom. The molecule has 1 heterocycles. The van der Waals surface area contributed by atoms with Crippen LogP contribution in [0, 0.1) is 13.8 Å². The SMILES string of the molecule is CCOC(=O)c1c(C)[nH]c(C(=O)NC(C)c2cccc(NC(C)=O)c2)c1C. The molecule has 0 bridgehead atoms. The van der Waals surface area contributed by atoms with Gasteiger partial charge in [-0.2, -0.15) is 0 Å². The Labute approximate surface area is 158 Å². The highest BCUT2D eigenvalue weighted by molar-refractivity contribution is 6.00. The summed E-state index contributed by atoms with van der Waals surface area (Å²) in [6.45, 7) is 8.74. The fraction of sp³-hybridized carbons (Fsp3) is 0.350.